The molecule has 8 heteroatoms. The minimum absolute atomic E-state index is 0.0174. The summed E-state index contributed by atoms with van der Waals surface area (Å²) in [5, 5.41) is 5.56. The highest BCUT2D eigenvalue weighted by molar-refractivity contribution is 7.22. The van der Waals surface area contributed by atoms with Crippen molar-refractivity contribution in [3.63, 3.8) is 0 Å². The Hall–Kier alpha value is -2.09. The second-order valence-corrected chi connectivity index (χ2v) is 6.69. The standard InChI is InChI=1S/C15H15F2N3O2S/c1-7-4-8(7)14(22)18-3-2-13(21)20-15-19-11-5-9(16)10(17)6-12(11)23-15/h5-8H,2-4H2,1H3,(H,18,22)(H,19,20,21)/t7-,8+/m0/s1. The van der Waals surface area contributed by atoms with Crippen molar-refractivity contribution in [2.75, 3.05) is 11.9 Å². The molecule has 23 heavy (non-hydrogen) atoms. The summed E-state index contributed by atoms with van der Waals surface area (Å²) in [5.41, 5.74) is 0.292. The van der Waals surface area contributed by atoms with E-state index in [0.29, 0.717) is 16.1 Å². The highest BCUT2D eigenvalue weighted by atomic mass is 32.1. The van der Waals surface area contributed by atoms with Gasteiger partial charge in [0.1, 0.15) is 0 Å². The highest BCUT2D eigenvalue weighted by Crippen LogP contribution is 2.37. The number of nitrogens with one attached hydrogen (secondary N) is 2. The van der Waals surface area contributed by atoms with E-state index in [-0.39, 0.29) is 35.8 Å². The summed E-state index contributed by atoms with van der Waals surface area (Å²) in [6, 6.07) is 2.04. The van der Waals surface area contributed by atoms with Crippen LogP contribution >= 0.6 is 11.3 Å². The molecule has 1 aromatic carbocycles. The molecule has 2 amide bonds. The van der Waals surface area contributed by atoms with E-state index in [1.807, 2.05) is 6.92 Å². The monoisotopic (exact) mass is 339 g/mol. The van der Waals surface area contributed by atoms with Gasteiger partial charge in [-0.3, -0.25) is 9.59 Å². The van der Waals surface area contributed by atoms with Gasteiger partial charge in [0.25, 0.3) is 0 Å². The molecule has 0 saturated heterocycles. The van der Waals surface area contributed by atoms with Crippen LogP contribution in [0, 0.1) is 23.5 Å². The Kier molecular flexibility index (Phi) is 4.25. The normalized spacial score (nSPS) is 19.6. The van der Waals surface area contributed by atoms with Gasteiger partial charge in [-0.05, 0) is 18.4 Å². The summed E-state index contributed by atoms with van der Waals surface area (Å²) >= 11 is 1.07. The third-order valence-corrected chi connectivity index (χ3v) is 4.71. The van der Waals surface area contributed by atoms with E-state index in [1.165, 1.54) is 0 Å². The SMILES string of the molecule is C[C@H]1C[C@H]1C(=O)NCCC(=O)Nc1nc2cc(F)c(F)cc2s1. The molecule has 0 bridgehead atoms. The minimum Gasteiger partial charge on any atom is -0.355 e. The van der Waals surface area contributed by atoms with Crippen molar-refractivity contribution in [3.8, 4) is 0 Å². The van der Waals surface area contributed by atoms with Gasteiger partial charge in [-0.15, -0.1) is 0 Å². The zero-order valence-corrected chi connectivity index (χ0v) is 13.2. The number of thiazole rings is 1. The van der Waals surface area contributed by atoms with Crippen molar-refractivity contribution in [1.82, 2.24) is 10.3 Å². The second-order valence-electron chi connectivity index (χ2n) is 5.66. The molecule has 3 rings (SSSR count). The topological polar surface area (TPSA) is 71.1 Å². The molecule has 1 aliphatic carbocycles. The van der Waals surface area contributed by atoms with Crippen LogP contribution in [0.5, 0.6) is 0 Å². The van der Waals surface area contributed by atoms with Crippen LogP contribution in [0.2, 0.25) is 0 Å². The molecule has 5 nitrogen and oxygen atoms in total. The number of hydrogen-bond donors (Lipinski definition) is 2. The maximum absolute atomic E-state index is 13.1. The molecule has 0 radical (unpaired) electrons. The Balaban J connectivity index is 1.52. The number of carbonyl (C=O) groups excluding carboxylic acids is 2. The van der Waals surface area contributed by atoms with Gasteiger partial charge in [-0.1, -0.05) is 18.3 Å². The van der Waals surface area contributed by atoms with Crippen LogP contribution in [-0.2, 0) is 9.59 Å². The van der Waals surface area contributed by atoms with E-state index in [1.54, 1.807) is 0 Å². The van der Waals surface area contributed by atoms with E-state index in [2.05, 4.69) is 15.6 Å². The molecule has 2 atom stereocenters. The first-order chi connectivity index (χ1) is 10.9. The smallest absolute Gasteiger partial charge is 0.227 e. The highest BCUT2D eigenvalue weighted by Gasteiger charge is 2.38. The van der Waals surface area contributed by atoms with Gasteiger partial charge in [0.2, 0.25) is 11.8 Å². The molecule has 0 unspecified atom stereocenters. The number of hydrogen-bond acceptors (Lipinski definition) is 4. The third kappa shape index (κ3) is 3.64. The van der Waals surface area contributed by atoms with Crippen LogP contribution in [0.25, 0.3) is 10.2 Å². The zero-order chi connectivity index (χ0) is 16.6. The fourth-order valence-corrected chi connectivity index (χ4v) is 3.17. The molecule has 0 aliphatic heterocycles. The minimum atomic E-state index is -0.974. The number of rotatable bonds is 5. The van der Waals surface area contributed by atoms with Gasteiger partial charge < -0.3 is 10.6 Å². The largest absolute Gasteiger partial charge is 0.355 e. The summed E-state index contributed by atoms with van der Waals surface area (Å²) in [4.78, 5) is 27.5. The molecule has 1 fully saturated rings. The molecule has 122 valence electrons. The molecule has 1 saturated carbocycles. The van der Waals surface area contributed by atoms with Crippen molar-refractivity contribution in [2.45, 2.75) is 19.8 Å². The summed E-state index contributed by atoms with van der Waals surface area (Å²) < 4.78 is 26.7. The van der Waals surface area contributed by atoms with Crippen LogP contribution < -0.4 is 10.6 Å². The molecule has 1 aliphatic rings. The lowest BCUT2D eigenvalue weighted by Gasteiger charge is -2.04. The molecule has 1 heterocycles. The van der Waals surface area contributed by atoms with Gasteiger partial charge in [-0.2, -0.15) is 0 Å². The summed E-state index contributed by atoms with van der Waals surface area (Å²) in [6.45, 7) is 2.26. The maximum Gasteiger partial charge on any atom is 0.227 e. The number of carbonyl (C=O) groups is 2. The van der Waals surface area contributed by atoms with Crippen LogP contribution in [0.15, 0.2) is 12.1 Å². The molecule has 1 aromatic heterocycles. The molecular weight excluding hydrogens is 324 g/mol. The molecular formula is C15H15F2N3O2S. The lowest BCUT2D eigenvalue weighted by molar-refractivity contribution is -0.122. The predicted octanol–water partition coefficient (Wildman–Crippen LogP) is 2.68. The van der Waals surface area contributed by atoms with Gasteiger partial charge in [0.05, 0.1) is 10.2 Å². The molecule has 2 aromatic rings. The lowest BCUT2D eigenvalue weighted by Crippen LogP contribution is -2.29. The van der Waals surface area contributed by atoms with Crippen molar-refractivity contribution in [3.05, 3.63) is 23.8 Å². The van der Waals surface area contributed by atoms with Crippen molar-refractivity contribution < 1.29 is 18.4 Å². The van der Waals surface area contributed by atoms with Crippen LogP contribution in [0.4, 0.5) is 13.9 Å². The van der Waals surface area contributed by atoms with Gasteiger partial charge in [-0.25, -0.2) is 13.8 Å². The van der Waals surface area contributed by atoms with E-state index in [4.69, 9.17) is 0 Å². The Morgan fingerprint density at radius 2 is 2.04 bits per heavy atom. The van der Waals surface area contributed by atoms with Crippen molar-refractivity contribution in [1.29, 1.82) is 0 Å². The average molecular weight is 339 g/mol. The van der Waals surface area contributed by atoms with E-state index in [9.17, 15) is 18.4 Å². The first kappa shape index (κ1) is 15.8. The number of aromatic nitrogens is 1. The van der Waals surface area contributed by atoms with Gasteiger partial charge in [0.15, 0.2) is 16.8 Å². The number of anilines is 1. The van der Waals surface area contributed by atoms with Crippen molar-refractivity contribution >= 4 is 38.5 Å². The summed E-state index contributed by atoms with van der Waals surface area (Å²) in [7, 11) is 0. The number of fused-ring (bicyclic) bond motifs is 1. The van der Waals surface area contributed by atoms with Crippen LogP contribution in [0.3, 0.4) is 0 Å². The maximum atomic E-state index is 13.1. The number of halogens is 2. The zero-order valence-electron chi connectivity index (χ0n) is 12.4. The Morgan fingerprint density at radius 3 is 2.74 bits per heavy atom. The Bertz CT molecular complexity index is 738. The number of nitrogens with zero attached hydrogens (tertiary/aromatic N) is 1. The van der Waals surface area contributed by atoms with Crippen LogP contribution in [-0.4, -0.2) is 23.3 Å². The second kappa shape index (κ2) is 6.19. The Morgan fingerprint density at radius 1 is 1.35 bits per heavy atom. The average Bonchev–Trinajstić information content (AvgIpc) is 3.09. The number of amides is 2. The van der Waals surface area contributed by atoms with Gasteiger partial charge in [0, 0.05) is 24.9 Å². The molecule has 2 N–H and O–H groups in total. The lowest BCUT2D eigenvalue weighted by atomic mass is 10.3. The van der Waals surface area contributed by atoms with E-state index < -0.39 is 11.6 Å². The quantitative estimate of drug-likeness (QED) is 0.880. The summed E-state index contributed by atoms with van der Waals surface area (Å²) in [6.07, 6.45) is 1.02. The fourth-order valence-electron chi connectivity index (χ4n) is 2.28. The first-order valence-electron chi connectivity index (χ1n) is 7.27. The predicted molar refractivity (Wildman–Crippen MR) is 83.1 cm³/mol. The fraction of sp³-hybridized carbons (Fsp3) is 0.400. The van der Waals surface area contributed by atoms with Crippen LogP contribution in [0.1, 0.15) is 19.8 Å². The summed E-state index contributed by atoms with van der Waals surface area (Å²) in [5.74, 6) is -1.75. The van der Waals surface area contributed by atoms with E-state index in [0.717, 1.165) is 29.9 Å². The first-order valence-corrected chi connectivity index (χ1v) is 8.09. The van der Waals surface area contributed by atoms with Gasteiger partial charge >= 0.3 is 0 Å². The van der Waals surface area contributed by atoms with Crippen molar-refractivity contribution in [2.24, 2.45) is 11.8 Å². The third-order valence-electron chi connectivity index (χ3n) is 3.77. The van der Waals surface area contributed by atoms with E-state index >= 15 is 0 Å². The number of benzene rings is 1. The molecule has 0 spiro atoms. The Labute approximate surface area is 135 Å².